The fraction of sp³-hybridized carbons (Fsp3) is 0.500. The van der Waals surface area contributed by atoms with Crippen molar-refractivity contribution in [1.29, 1.82) is 0 Å². The largest absolute Gasteiger partial charge is 0.496 e. The van der Waals surface area contributed by atoms with Crippen LogP contribution in [0.25, 0.3) is 0 Å². The number of carbonyl (C=O) groups excluding carboxylic acids is 1. The molecule has 0 aliphatic heterocycles. The molecular formula is C14H20O3. The first kappa shape index (κ1) is 13.6. The second-order valence-corrected chi connectivity index (χ2v) is 4.60. The van der Waals surface area contributed by atoms with E-state index in [1.807, 2.05) is 26.8 Å². The number of hydrogen-bond donors (Lipinski definition) is 0. The number of carbonyl (C=O) groups is 1. The number of rotatable bonds is 5. The van der Waals surface area contributed by atoms with Gasteiger partial charge in [0.1, 0.15) is 17.1 Å². The summed E-state index contributed by atoms with van der Waals surface area (Å²) in [7, 11) is 3.12. The van der Waals surface area contributed by atoms with Crippen molar-refractivity contribution in [1.82, 2.24) is 0 Å². The molecule has 1 aromatic rings. The van der Waals surface area contributed by atoms with E-state index in [1.165, 1.54) is 0 Å². The zero-order valence-corrected chi connectivity index (χ0v) is 11.2. The Balaban J connectivity index is 3.33. The minimum atomic E-state index is -0.415. The van der Waals surface area contributed by atoms with Crippen LogP contribution in [-0.2, 0) is 0 Å². The third-order valence-corrected chi connectivity index (χ3v) is 3.15. The summed E-state index contributed by atoms with van der Waals surface area (Å²) in [6.07, 6.45) is 0.771. The van der Waals surface area contributed by atoms with Crippen LogP contribution in [0.1, 0.15) is 37.6 Å². The molecule has 0 aromatic heterocycles. The van der Waals surface area contributed by atoms with Crippen LogP contribution in [0, 0.1) is 5.41 Å². The SMILES string of the molecule is CCC(C)(C)C(=O)c1c(OC)cccc1OC. The maximum absolute atomic E-state index is 12.5. The fourth-order valence-corrected chi connectivity index (χ4v) is 1.57. The van der Waals surface area contributed by atoms with Crippen molar-refractivity contribution in [3.8, 4) is 11.5 Å². The van der Waals surface area contributed by atoms with Crippen LogP contribution in [0.3, 0.4) is 0 Å². The Morgan fingerprint density at radius 3 is 2.00 bits per heavy atom. The lowest BCUT2D eigenvalue weighted by molar-refractivity contribution is 0.0826. The third-order valence-electron chi connectivity index (χ3n) is 3.15. The van der Waals surface area contributed by atoms with Crippen molar-refractivity contribution < 1.29 is 14.3 Å². The second-order valence-electron chi connectivity index (χ2n) is 4.60. The van der Waals surface area contributed by atoms with E-state index in [9.17, 15) is 4.79 Å². The number of methoxy groups -OCH3 is 2. The van der Waals surface area contributed by atoms with Gasteiger partial charge in [0, 0.05) is 5.41 Å². The van der Waals surface area contributed by atoms with E-state index < -0.39 is 5.41 Å². The highest BCUT2D eigenvalue weighted by atomic mass is 16.5. The minimum absolute atomic E-state index is 0.0503. The van der Waals surface area contributed by atoms with Gasteiger partial charge < -0.3 is 9.47 Å². The van der Waals surface area contributed by atoms with E-state index >= 15 is 0 Å². The van der Waals surface area contributed by atoms with Crippen molar-refractivity contribution in [3.63, 3.8) is 0 Å². The summed E-state index contributed by atoms with van der Waals surface area (Å²) >= 11 is 0. The van der Waals surface area contributed by atoms with Gasteiger partial charge in [-0.05, 0) is 18.6 Å². The molecule has 94 valence electrons. The summed E-state index contributed by atoms with van der Waals surface area (Å²) < 4.78 is 10.5. The van der Waals surface area contributed by atoms with E-state index in [2.05, 4.69) is 0 Å². The summed E-state index contributed by atoms with van der Waals surface area (Å²) in [6.45, 7) is 5.86. The highest BCUT2D eigenvalue weighted by molar-refractivity contribution is 6.04. The molecule has 0 unspecified atom stereocenters. The predicted molar refractivity (Wildman–Crippen MR) is 67.9 cm³/mol. The molecule has 0 spiro atoms. The van der Waals surface area contributed by atoms with Crippen LogP contribution in [0.15, 0.2) is 18.2 Å². The molecule has 0 bridgehead atoms. The van der Waals surface area contributed by atoms with Gasteiger partial charge in [0.05, 0.1) is 14.2 Å². The molecule has 0 radical (unpaired) electrons. The predicted octanol–water partition coefficient (Wildman–Crippen LogP) is 3.32. The summed E-state index contributed by atoms with van der Waals surface area (Å²) in [5, 5.41) is 0. The minimum Gasteiger partial charge on any atom is -0.496 e. The lowest BCUT2D eigenvalue weighted by Gasteiger charge is -2.23. The van der Waals surface area contributed by atoms with Crippen LogP contribution < -0.4 is 9.47 Å². The molecule has 17 heavy (non-hydrogen) atoms. The quantitative estimate of drug-likeness (QED) is 0.736. The first-order valence-corrected chi connectivity index (χ1v) is 5.73. The number of Topliss-reactive ketones (excluding diaryl/α,β-unsaturated/α-hetero) is 1. The number of ether oxygens (including phenoxy) is 2. The molecule has 0 saturated heterocycles. The maximum Gasteiger partial charge on any atom is 0.175 e. The van der Waals surface area contributed by atoms with Crippen molar-refractivity contribution in [2.24, 2.45) is 5.41 Å². The monoisotopic (exact) mass is 236 g/mol. The molecule has 1 rings (SSSR count). The average molecular weight is 236 g/mol. The topological polar surface area (TPSA) is 35.5 Å². The molecule has 1 aromatic carbocycles. The number of ketones is 1. The molecule has 3 heteroatoms. The Morgan fingerprint density at radius 2 is 1.65 bits per heavy atom. The van der Waals surface area contributed by atoms with E-state index in [0.717, 1.165) is 6.42 Å². The zero-order chi connectivity index (χ0) is 13.1. The Hall–Kier alpha value is -1.51. The van der Waals surface area contributed by atoms with Crippen LogP contribution in [0.5, 0.6) is 11.5 Å². The van der Waals surface area contributed by atoms with Gasteiger partial charge in [0.2, 0.25) is 0 Å². The highest BCUT2D eigenvalue weighted by Gasteiger charge is 2.31. The van der Waals surface area contributed by atoms with Gasteiger partial charge in [-0.3, -0.25) is 4.79 Å². The van der Waals surface area contributed by atoms with Gasteiger partial charge in [-0.15, -0.1) is 0 Å². The molecule has 0 amide bonds. The Bertz CT molecular complexity index is 386. The lowest BCUT2D eigenvalue weighted by Crippen LogP contribution is -2.24. The first-order valence-electron chi connectivity index (χ1n) is 5.73. The van der Waals surface area contributed by atoms with Crippen LogP contribution in [0.4, 0.5) is 0 Å². The van der Waals surface area contributed by atoms with E-state index in [4.69, 9.17) is 9.47 Å². The van der Waals surface area contributed by atoms with Gasteiger partial charge in [-0.25, -0.2) is 0 Å². The van der Waals surface area contributed by atoms with Crippen molar-refractivity contribution in [2.75, 3.05) is 14.2 Å². The maximum atomic E-state index is 12.5. The average Bonchev–Trinajstić information content (AvgIpc) is 2.36. The number of hydrogen-bond acceptors (Lipinski definition) is 3. The van der Waals surface area contributed by atoms with Crippen molar-refractivity contribution >= 4 is 5.78 Å². The first-order chi connectivity index (χ1) is 7.97. The molecule has 0 N–H and O–H groups in total. The van der Waals surface area contributed by atoms with Crippen LogP contribution >= 0.6 is 0 Å². The molecule has 0 aliphatic carbocycles. The highest BCUT2D eigenvalue weighted by Crippen LogP contribution is 2.35. The Labute approximate surface area is 103 Å². The van der Waals surface area contributed by atoms with E-state index in [1.54, 1.807) is 26.4 Å². The fourth-order valence-electron chi connectivity index (χ4n) is 1.57. The third kappa shape index (κ3) is 2.60. The summed E-state index contributed by atoms with van der Waals surface area (Å²) in [4.78, 5) is 12.5. The van der Waals surface area contributed by atoms with Gasteiger partial charge in [0.15, 0.2) is 5.78 Å². The second kappa shape index (κ2) is 5.21. The normalized spacial score (nSPS) is 11.1. The molecule has 0 aliphatic rings. The van der Waals surface area contributed by atoms with Gasteiger partial charge in [-0.2, -0.15) is 0 Å². The summed E-state index contributed by atoms with van der Waals surface area (Å²) in [6, 6.07) is 5.37. The molecule has 0 atom stereocenters. The van der Waals surface area contributed by atoms with Crippen molar-refractivity contribution in [2.45, 2.75) is 27.2 Å². The zero-order valence-electron chi connectivity index (χ0n) is 11.2. The van der Waals surface area contributed by atoms with Gasteiger partial charge >= 0.3 is 0 Å². The standard InChI is InChI=1S/C14H20O3/c1-6-14(2,3)13(15)12-10(16-4)8-7-9-11(12)17-5/h7-9H,6H2,1-5H3. The Kier molecular flexibility index (Phi) is 4.16. The Morgan fingerprint density at radius 1 is 1.18 bits per heavy atom. The summed E-state index contributed by atoms with van der Waals surface area (Å²) in [5.41, 5.74) is 0.117. The molecule has 0 heterocycles. The van der Waals surface area contributed by atoms with Crippen LogP contribution in [-0.4, -0.2) is 20.0 Å². The lowest BCUT2D eigenvalue weighted by atomic mass is 9.81. The van der Waals surface area contributed by atoms with E-state index in [-0.39, 0.29) is 5.78 Å². The number of benzene rings is 1. The van der Waals surface area contributed by atoms with Crippen LogP contribution in [0.2, 0.25) is 0 Å². The summed E-state index contributed by atoms with van der Waals surface area (Å²) in [5.74, 6) is 1.18. The molecule has 0 fully saturated rings. The molecule has 0 saturated carbocycles. The molecule has 3 nitrogen and oxygen atoms in total. The molecular weight excluding hydrogens is 216 g/mol. The van der Waals surface area contributed by atoms with Crippen molar-refractivity contribution in [3.05, 3.63) is 23.8 Å². The van der Waals surface area contributed by atoms with Gasteiger partial charge in [-0.1, -0.05) is 26.8 Å². The smallest absolute Gasteiger partial charge is 0.175 e. The van der Waals surface area contributed by atoms with E-state index in [0.29, 0.717) is 17.1 Å². The van der Waals surface area contributed by atoms with Gasteiger partial charge in [0.25, 0.3) is 0 Å².